The third kappa shape index (κ3) is 3.62. The normalized spacial score (nSPS) is 21.4. The summed E-state index contributed by atoms with van der Waals surface area (Å²) in [6, 6.07) is 2.50. The molecule has 0 bridgehead atoms. The van der Waals surface area contributed by atoms with E-state index in [0.717, 1.165) is 82.5 Å². The van der Waals surface area contributed by atoms with Crippen LogP contribution in [0.5, 0.6) is 0 Å². The zero-order valence-corrected chi connectivity index (χ0v) is 16.3. The van der Waals surface area contributed by atoms with Crippen LogP contribution in [0.3, 0.4) is 0 Å². The van der Waals surface area contributed by atoms with Crippen molar-refractivity contribution in [2.75, 3.05) is 75.8 Å². The van der Waals surface area contributed by atoms with Crippen molar-refractivity contribution < 1.29 is 5.11 Å². The van der Waals surface area contributed by atoms with Crippen LogP contribution in [-0.4, -0.2) is 85.9 Å². The van der Waals surface area contributed by atoms with E-state index in [4.69, 9.17) is 4.98 Å². The number of fused-ring (bicyclic) bond motifs is 1. The SMILES string of the molecule is CN1CCc2c(C#N)c(N3CCN(CCO)CC3)nc(N3CCCC3)c2C1. The van der Waals surface area contributed by atoms with Crippen LogP contribution in [0.4, 0.5) is 11.6 Å². The van der Waals surface area contributed by atoms with Crippen LogP contribution >= 0.6 is 0 Å². The van der Waals surface area contributed by atoms with Gasteiger partial charge in [0, 0.05) is 64.5 Å². The highest BCUT2D eigenvalue weighted by atomic mass is 16.3. The topological polar surface area (TPSA) is 69.9 Å². The van der Waals surface area contributed by atoms with Crippen molar-refractivity contribution in [2.45, 2.75) is 25.8 Å². The van der Waals surface area contributed by atoms with E-state index < -0.39 is 0 Å². The number of β-amino-alcohol motifs (C(OH)–C–C–N with tert-alkyl or cyclic N) is 1. The fourth-order valence-electron chi connectivity index (χ4n) is 4.60. The number of pyridine rings is 1. The molecule has 7 nitrogen and oxygen atoms in total. The van der Waals surface area contributed by atoms with Crippen molar-refractivity contribution in [2.24, 2.45) is 0 Å². The average Bonchev–Trinajstić information content (AvgIpc) is 3.22. The second-order valence-corrected chi connectivity index (χ2v) is 7.94. The van der Waals surface area contributed by atoms with E-state index in [-0.39, 0.29) is 6.61 Å². The summed E-state index contributed by atoms with van der Waals surface area (Å²) in [5.41, 5.74) is 3.28. The molecule has 146 valence electrons. The molecule has 0 aliphatic carbocycles. The first kappa shape index (κ1) is 18.5. The minimum absolute atomic E-state index is 0.202. The maximum atomic E-state index is 9.98. The largest absolute Gasteiger partial charge is 0.395 e. The molecule has 1 aromatic heterocycles. The van der Waals surface area contributed by atoms with Gasteiger partial charge >= 0.3 is 0 Å². The van der Waals surface area contributed by atoms with Crippen molar-refractivity contribution in [3.8, 4) is 6.07 Å². The molecule has 0 amide bonds. The average molecular weight is 371 g/mol. The van der Waals surface area contributed by atoms with E-state index in [1.54, 1.807) is 0 Å². The van der Waals surface area contributed by atoms with Crippen LogP contribution in [0.25, 0.3) is 0 Å². The summed E-state index contributed by atoms with van der Waals surface area (Å²) >= 11 is 0. The maximum absolute atomic E-state index is 9.98. The number of nitrogens with zero attached hydrogens (tertiary/aromatic N) is 6. The van der Waals surface area contributed by atoms with Crippen molar-refractivity contribution in [1.82, 2.24) is 14.8 Å². The number of aliphatic hydroxyl groups is 1. The van der Waals surface area contributed by atoms with Crippen molar-refractivity contribution in [3.63, 3.8) is 0 Å². The Morgan fingerprint density at radius 3 is 2.33 bits per heavy atom. The Bertz CT molecular complexity index is 716. The van der Waals surface area contributed by atoms with E-state index in [0.29, 0.717) is 0 Å². The molecule has 0 aromatic carbocycles. The van der Waals surface area contributed by atoms with Crippen molar-refractivity contribution in [3.05, 3.63) is 16.7 Å². The van der Waals surface area contributed by atoms with Crippen LogP contribution in [0.15, 0.2) is 0 Å². The lowest BCUT2D eigenvalue weighted by atomic mass is 9.95. The van der Waals surface area contributed by atoms with E-state index in [9.17, 15) is 10.4 Å². The Labute approximate surface area is 161 Å². The summed E-state index contributed by atoms with van der Waals surface area (Å²) in [6.45, 7) is 8.48. The number of aliphatic hydroxyl groups excluding tert-OH is 1. The third-order valence-electron chi connectivity index (χ3n) is 6.15. The van der Waals surface area contributed by atoms with Crippen LogP contribution in [-0.2, 0) is 13.0 Å². The Morgan fingerprint density at radius 1 is 0.963 bits per heavy atom. The number of aromatic nitrogens is 1. The molecule has 0 radical (unpaired) electrons. The van der Waals surface area contributed by atoms with E-state index in [1.165, 1.54) is 24.0 Å². The van der Waals surface area contributed by atoms with Crippen molar-refractivity contribution >= 4 is 11.6 Å². The lowest BCUT2D eigenvalue weighted by Gasteiger charge is -2.37. The van der Waals surface area contributed by atoms with Gasteiger partial charge in [0.2, 0.25) is 0 Å². The van der Waals surface area contributed by atoms with Gasteiger partial charge in [0.05, 0.1) is 12.2 Å². The molecule has 0 spiro atoms. The fourth-order valence-corrected chi connectivity index (χ4v) is 4.60. The van der Waals surface area contributed by atoms with Crippen LogP contribution in [0, 0.1) is 11.3 Å². The van der Waals surface area contributed by atoms with Gasteiger partial charge in [-0.05, 0) is 31.9 Å². The lowest BCUT2D eigenvalue weighted by Crippen LogP contribution is -2.48. The first-order valence-electron chi connectivity index (χ1n) is 10.2. The highest BCUT2D eigenvalue weighted by molar-refractivity contribution is 5.68. The lowest BCUT2D eigenvalue weighted by molar-refractivity contribution is 0.188. The minimum atomic E-state index is 0.202. The molecule has 3 aliphatic heterocycles. The van der Waals surface area contributed by atoms with Crippen LogP contribution < -0.4 is 9.80 Å². The first-order chi connectivity index (χ1) is 13.2. The molecule has 3 aliphatic rings. The van der Waals surface area contributed by atoms with Gasteiger partial charge in [-0.2, -0.15) is 5.26 Å². The number of piperazine rings is 1. The van der Waals surface area contributed by atoms with Gasteiger partial charge in [-0.25, -0.2) is 4.98 Å². The van der Waals surface area contributed by atoms with Gasteiger partial charge in [-0.3, -0.25) is 4.90 Å². The number of rotatable bonds is 4. The fraction of sp³-hybridized carbons (Fsp3) is 0.700. The van der Waals surface area contributed by atoms with E-state index >= 15 is 0 Å². The highest BCUT2D eigenvalue weighted by Crippen LogP contribution is 2.36. The van der Waals surface area contributed by atoms with Crippen LogP contribution in [0.1, 0.15) is 29.5 Å². The number of hydrogen-bond donors (Lipinski definition) is 1. The monoisotopic (exact) mass is 370 g/mol. The molecule has 1 aromatic rings. The molecule has 1 N–H and O–H groups in total. The molecule has 0 saturated carbocycles. The quantitative estimate of drug-likeness (QED) is 0.835. The summed E-state index contributed by atoms with van der Waals surface area (Å²) in [7, 11) is 2.15. The standard InChI is InChI=1S/C20H30N6O/c1-23-7-4-16-17(14-21)19(26-10-8-24(9-11-26)12-13-27)22-20(18(16)15-23)25-5-2-3-6-25/h27H,2-13,15H2,1H3. The summed E-state index contributed by atoms with van der Waals surface area (Å²) < 4.78 is 0. The Kier molecular flexibility index (Phi) is 5.48. The van der Waals surface area contributed by atoms with Gasteiger partial charge < -0.3 is 19.8 Å². The summed E-state index contributed by atoms with van der Waals surface area (Å²) in [4.78, 5) is 14.4. The molecule has 0 unspecified atom stereocenters. The molecule has 4 heterocycles. The number of nitriles is 1. The molecule has 0 atom stereocenters. The predicted molar refractivity (Wildman–Crippen MR) is 106 cm³/mol. The van der Waals surface area contributed by atoms with Gasteiger partial charge in [0.1, 0.15) is 17.7 Å². The summed E-state index contributed by atoms with van der Waals surface area (Å²) in [6.07, 6.45) is 3.37. The Balaban J connectivity index is 1.71. The van der Waals surface area contributed by atoms with E-state index in [1.807, 2.05) is 0 Å². The van der Waals surface area contributed by atoms with Crippen LogP contribution in [0.2, 0.25) is 0 Å². The molecule has 7 heteroatoms. The minimum Gasteiger partial charge on any atom is -0.395 e. The molecule has 27 heavy (non-hydrogen) atoms. The molecular weight excluding hydrogens is 340 g/mol. The number of anilines is 2. The zero-order chi connectivity index (χ0) is 18.8. The molecular formula is C20H30N6O. The molecule has 2 saturated heterocycles. The predicted octanol–water partition coefficient (Wildman–Crippen LogP) is 0.656. The highest BCUT2D eigenvalue weighted by Gasteiger charge is 2.30. The zero-order valence-electron chi connectivity index (χ0n) is 16.3. The van der Waals surface area contributed by atoms with Gasteiger partial charge in [-0.15, -0.1) is 0 Å². The first-order valence-corrected chi connectivity index (χ1v) is 10.2. The smallest absolute Gasteiger partial charge is 0.149 e. The second-order valence-electron chi connectivity index (χ2n) is 7.94. The van der Waals surface area contributed by atoms with Crippen molar-refractivity contribution in [1.29, 1.82) is 5.26 Å². The number of hydrogen-bond acceptors (Lipinski definition) is 7. The Morgan fingerprint density at radius 2 is 1.67 bits per heavy atom. The summed E-state index contributed by atoms with van der Waals surface area (Å²) in [5, 5.41) is 19.2. The van der Waals surface area contributed by atoms with Gasteiger partial charge in [-0.1, -0.05) is 0 Å². The third-order valence-corrected chi connectivity index (χ3v) is 6.15. The van der Waals surface area contributed by atoms with E-state index in [2.05, 4.69) is 32.7 Å². The molecule has 2 fully saturated rings. The summed E-state index contributed by atoms with van der Waals surface area (Å²) in [5.74, 6) is 1.99. The maximum Gasteiger partial charge on any atom is 0.149 e. The molecule has 4 rings (SSSR count). The second kappa shape index (κ2) is 8.01. The van der Waals surface area contributed by atoms with Gasteiger partial charge in [0.25, 0.3) is 0 Å². The Hall–Kier alpha value is -1.88. The number of likely N-dealkylation sites (N-methyl/N-ethyl adjacent to an activating group) is 1. The van der Waals surface area contributed by atoms with Gasteiger partial charge in [0.15, 0.2) is 0 Å².